The molecule has 2 heterocycles. The van der Waals surface area contributed by atoms with Crippen molar-refractivity contribution in [2.45, 2.75) is 25.5 Å². The molecule has 0 bridgehead atoms. The molecule has 1 aromatic heterocycles. The number of aryl methyl sites for hydroxylation is 1. The van der Waals surface area contributed by atoms with Crippen molar-refractivity contribution in [3.8, 4) is 5.75 Å². The predicted octanol–water partition coefficient (Wildman–Crippen LogP) is 2.51. The Balaban J connectivity index is 1.61. The molecule has 0 radical (unpaired) electrons. The lowest BCUT2D eigenvalue weighted by Crippen LogP contribution is -2.41. The third-order valence-corrected chi connectivity index (χ3v) is 4.07. The molecule has 6 heteroatoms. The smallest absolute Gasteiger partial charge is 0.146 e. The van der Waals surface area contributed by atoms with Gasteiger partial charge in [0.05, 0.1) is 11.6 Å². The third-order valence-electron chi connectivity index (χ3n) is 3.76. The topological polar surface area (TPSA) is 43.2 Å². The lowest BCUT2D eigenvalue weighted by atomic mass is 10.1. The van der Waals surface area contributed by atoms with E-state index in [2.05, 4.69) is 15.1 Å². The number of hydrogen-bond acceptors (Lipinski definition) is 4. The van der Waals surface area contributed by atoms with E-state index in [4.69, 9.17) is 16.3 Å². The van der Waals surface area contributed by atoms with Crippen molar-refractivity contribution in [3.63, 3.8) is 0 Å². The van der Waals surface area contributed by atoms with Crippen LogP contribution < -0.4 is 4.74 Å². The molecule has 2 aromatic rings. The Kier molecular flexibility index (Phi) is 4.41. The van der Waals surface area contributed by atoms with Gasteiger partial charge >= 0.3 is 0 Å². The van der Waals surface area contributed by atoms with Gasteiger partial charge in [0.2, 0.25) is 0 Å². The molecule has 1 atom stereocenters. The van der Waals surface area contributed by atoms with Gasteiger partial charge in [-0.15, -0.1) is 10.2 Å². The van der Waals surface area contributed by atoms with Crippen LogP contribution in [0.2, 0.25) is 5.02 Å². The van der Waals surface area contributed by atoms with E-state index in [1.165, 1.54) is 0 Å². The van der Waals surface area contributed by atoms with E-state index in [1.807, 2.05) is 35.9 Å². The Bertz CT molecular complexity index is 601. The summed E-state index contributed by atoms with van der Waals surface area (Å²) in [6.07, 6.45) is 4.08. The highest BCUT2D eigenvalue weighted by Gasteiger charge is 2.23. The highest BCUT2D eigenvalue weighted by molar-refractivity contribution is 6.32. The van der Waals surface area contributed by atoms with Crippen LogP contribution in [0.5, 0.6) is 5.75 Å². The summed E-state index contributed by atoms with van der Waals surface area (Å²) < 4.78 is 8.01. The maximum Gasteiger partial charge on any atom is 0.146 e. The number of benzene rings is 1. The molecule has 1 aromatic carbocycles. The predicted molar refractivity (Wildman–Crippen MR) is 81.4 cm³/mol. The summed E-state index contributed by atoms with van der Waals surface area (Å²) in [5.41, 5.74) is 0. The van der Waals surface area contributed by atoms with Crippen molar-refractivity contribution >= 4 is 11.6 Å². The molecule has 5 nitrogen and oxygen atoms in total. The van der Waals surface area contributed by atoms with Crippen molar-refractivity contribution in [2.24, 2.45) is 7.05 Å². The fourth-order valence-corrected chi connectivity index (χ4v) is 2.80. The maximum absolute atomic E-state index is 6.16. The van der Waals surface area contributed by atoms with Gasteiger partial charge in [-0.05, 0) is 31.5 Å². The molecule has 1 saturated heterocycles. The Hall–Kier alpha value is -1.59. The maximum atomic E-state index is 6.16. The minimum Gasteiger partial charge on any atom is -0.488 e. The number of aromatic nitrogens is 3. The lowest BCUT2D eigenvalue weighted by Gasteiger charge is -2.32. The molecular weight excluding hydrogens is 288 g/mol. The average molecular weight is 307 g/mol. The summed E-state index contributed by atoms with van der Waals surface area (Å²) in [6, 6.07) is 7.64. The van der Waals surface area contributed by atoms with Crippen LogP contribution in [0.4, 0.5) is 0 Å². The van der Waals surface area contributed by atoms with Crippen molar-refractivity contribution in [3.05, 3.63) is 41.4 Å². The Labute approximate surface area is 129 Å². The largest absolute Gasteiger partial charge is 0.488 e. The summed E-state index contributed by atoms with van der Waals surface area (Å²) in [5.74, 6) is 1.75. The summed E-state index contributed by atoms with van der Waals surface area (Å²) in [5, 5.41) is 8.73. The minimum atomic E-state index is 0.173. The first-order chi connectivity index (χ1) is 10.2. The van der Waals surface area contributed by atoms with E-state index >= 15 is 0 Å². The van der Waals surface area contributed by atoms with Crippen LogP contribution in [-0.2, 0) is 13.6 Å². The van der Waals surface area contributed by atoms with Crippen molar-refractivity contribution in [1.29, 1.82) is 0 Å². The number of ether oxygens (including phenoxy) is 1. The van der Waals surface area contributed by atoms with Gasteiger partial charge in [0.25, 0.3) is 0 Å². The molecule has 0 aliphatic carbocycles. The monoisotopic (exact) mass is 306 g/mol. The summed E-state index contributed by atoms with van der Waals surface area (Å²) in [4.78, 5) is 2.36. The number of likely N-dealkylation sites (tertiary alicyclic amines) is 1. The zero-order chi connectivity index (χ0) is 14.7. The first kappa shape index (κ1) is 14.4. The number of piperidine rings is 1. The minimum absolute atomic E-state index is 0.173. The van der Waals surface area contributed by atoms with E-state index in [9.17, 15) is 0 Å². The SMILES string of the molecule is Cn1cnnc1CN1CCCC(Oc2ccccc2Cl)C1. The zero-order valence-corrected chi connectivity index (χ0v) is 12.8. The van der Waals surface area contributed by atoms with E-state index in [0.717, 1.165) is 44.0 Å². The van der Waals surface area contributed by atoms with Crippen LogP contribution in [0.15, 0.2) is 30.6 Å². The van der Waals surface area contributed by atoms with E-state index < -0.39 is 0 Å². The van der Waals surface area contributed by atoms with Crippen LogP contribution in [0, 0.1) is 0 Å². The highest BCUT2D eigenvalue weighted by atomic mass is 35.5. The van der Waals surface area contributed by atoms with Gasteiger partial charge in [-0.25, -0.2) is 0 Å². The molecular formula is C15H19ClN4O. The number of hydrogen-bond donors (Lipinski definition) is 0. The molecule has 0 saturated carbocycles. The standard InChI is InChI=1S/C15H19ClN4O/c1-19-11-17-18-15(19)10-20-8-4-5-12(9-20)21-14-7-3-2-6-13(14)16/h2-3,6-7,11-12H,4-5,8-10H2,1H3. The zero-order valence-electron chi connectivity index (χ0n) is 12.1. The quantitative estimate of drug-likeness (QED) is 0.870. The summed E-state index contributed by atoms with van der Waals surface area (Å²) in [6.45, 7) is 2.76. The van der Waals surface area contributed by atoms with Gasteiger partial charge in [0.15, 0.2) is 0 Å². The first-order valence-electron chi connectivity index (χ1n) is 7.19. The second-order valence-corrected chi connectivity index (χ2v) is 5.81. The van der Waals surface area contributed by atoms with Crippen LogP contribution in [0.3, 0.4) is 0 Å². The highest BCUT2D eigenvalue weighted by Crippen LogP contribution is 2.26. The summed E-state index contributed by atoms with van der Waals surface area (Å²) in [7, 11) is 1.97. The van der Waals surface area contributed by atoms with Gasteiger partial charge in [-0.3, -0.25) is 4.90 Å². The first-order valence-corrected chi connectivity index (χ1v) is 7.56. The molecule has 1 fully saturated rings. The van der Waals surface area contributed by atoms with Crippen LogP contribution in [0.25, 0.3) is 0 Å². The van der Waals surface area contributed by atoms with Gasteiger partial charge in [-0.2, -0.15) is 0 Å². The van der Waals surface area contributed by atoms with Crippen LogP contribution in [0.1, 0.15) is 18.7 Å². The number of nitrogens with zero attached hydrogens (tertiary/aromatic N) is 4. The van der Waals surface area contributed by atoms with Crippen molar-refractivity contribution in [2.75, 3.05) is 13.1 Å². The van der Waals surface area contributed by atoms with E-state index in [-0.39, 0.29) is 6.10 Å². The molecule has 1 aliphatic rings. The van der Waals surface area contributed by atoms with Crippen molar-refractivity contribution in [1.82, 2.24) is 19.7 Å². The fourth-order valence-electron chi connectivity index (χ4n) is 2.62. The molecule has 21 heavy (non-hydrogen) atoms. The second kappa shape index (κ2) is 6.45. The number of halogens is 1. The Morgan fingerprint density at radius 1 is 1.38 bits per heavy atom. The molecule has 0 spiro atoms. The van der Waals surface area contributed by atoms with Gasteiger partial charge < -0.3 is 9.30 Å². The molecule has 0 N–H and O–H groups in total. The second-order valence-electron chi connectivity index (χ2n) is 5.41. The van der Waals surface area contributed by atoms with E-state index in [1.54, 1.807) is 6.33 Å². The van der Waals surface area contributed by atoms with Gasteiger partial charge in [-0.1, -0.05) is 23.7 Å². The molecule has 112 valence electrons. The Morgan fingerprint density at radius 3 is 3.00 bits per heavy atom. The van der Waals surface area contributed by atoms with Crippen LogP contribution in [-0.4, -0.2) is 38.9 Å². The molecule has 1 aliphatic heterocycles. The number of para-hydroxylation sites is 1. The number of rotatable bonds is 4. The third kappa shape index (κ3) is 3.54. The van der Waals surface area contributed by atoms with Gasteiger partial charge in [0, 0.05) is 13.6 Å². The lowest BCUT2D eigenvalue weighted by molar-refractivity contribution is 0.0823. The normalized spacial score (nSPS) is 19.6. The average Bonchev–Trinajstić information content (AvgIpc) is 2.87. The Morgan fingerprint density at radius 2 is 2.24 bits per heavy atom. The van der Waals surface area contributed by atoms with Gasteiger partial charge in [0.1, 0.15) is 24.0 Å². The molecule has 1 unspecified atom stereocenters. The van der Waals surface area contributed by atoms with E-state index in [0.29, 0.717) is 5.02 Å². The molecule has 3 rings (SSSR count). The fraction of sp³-hybridized carbons (Fsp3) is 0.467. The summed E-state index contributed by atoms with van der Waals surface area (Å²) >= 11 is 6.16. The molecule has 0 amide bonds. The van der Waals surface area contributed by atoms with Crippen LogP contribution >= 0.6 is 11.6 Å². The van der Waals surface area contributed by atoms with Crippen molar-refractivity contribution < 1.29 is 4.74 Å².